The topological polar surface area (TPSA) is 109 Å². The number of sulfone groups is 1. The molecule has 0 saturated carbocycles. The summed E-state index contributed by atoms with van der Waals surface area (Å²) < 4.78 is 23.7. The molecule has 4 aromatic rings. The molecule has 12 heteroatoms. The first-order valence-electron chi connectivity index (χ1n) is 9.71. The first kappa shape index (κ1) is 28.3. The third-order valence-electron chi connectivity index (χ3n) is 5.57. The van der Waals surface area contributed by atoms with Gasteiger partial charge in [0, 0.05) is 45.3 Å². The second-order valence-corrected chi connectivity index (χ2v) is 10.6. The largest absolute Gasteiger partial charge is 0.384 e. The zero-order chi connectivity index (χ0) is 23.1. The highest BCUT2D eigenvalue weighted by Crippen LogP contribution is 2.42. The summed E-state index contributed by atoms with van der Waals surface area (Å²) in [7, 11) is -3.33. The molecule has 182 valence electrons. The van der Waals surface area contributed by atoms with Crippen molar-refractivity contribution in [2.75, 3.05) is 6.26 Å². The van der Waals surface area contributed by atoms with Crippen molar-refractivity contribution in [1.82, 2.24) is 20.2 Å². The van der Waals surface area contributed by atoms with Crippen molar-refractivity contribution < 1.29 is 13.5 Å². The number of nitrogens with one attached hydrogen (secondary N) is 1. The SMILES string of the molecule is CC(c1ccc2cc(S(C)(=O)=O)ccc2n1)C(O)(Cc1ncn[nH]1)c1ccc(Cl)cc1Cl.Cl.Cl. The molecule has 4 rings (SSSR count). The number of fused-ring (bicyclic) bond motifs is 1. The lowest BCUT2D eigenvalue weighted by molar-refractivity contribution is 0.00980. The number of aromatic nitrogens is 4. The Balaban J connectivity index is 0.00000204. The lowest BCUT2D eigenvalue weighted by atomic mass is 9.77. The average molecular weight is 564 g/mol. The van der Waals surface area contributed by atoms with Gasteiger partial charge in [-0.3, -0.25) is 10.1 Å². The summed E-state index contributed by atoms with van der Waals surface area (Å²) in [6.45, 7) is 1.85. The molecule has 2 unspecified atom stereocenters. The summed E-state index contributed by atoms with van der Waals surface area (Å²) in [4.78, 5) is 9.08. The van der Waals surface area contributed by atoms with Crippen LogP contribution in [0.1, 0.15) is 29.9 Å². The van der Waals surface area contributed by atoms with Gasteiger partial charge in [0.2, 0.25) is 0 Å². The van der Waals surface area contributed by atoms with Crippen molar-refractivity contribution in [2.45, 2.75) is 29.8 Å². The number of hydrogen-bond acceptors (Lipinski definition) is 6. The van der Waals surface area contributed by atoms with Gasteiger partial charge in [0.05, 0.1) is 10.4 Å². The van der Waals surface area contributed by atoms with Crippen LogP contribution < -0.4 is 0 Å². The van der Waals surface area contributed by atoms with E-state index in [2.05, 4.69) is 15.2 Å². The van der Waals surface area contributed by atoms with Crippen molar-refractivity contribution in [1.29, 1.82) is 0 Å². The first-order chi connectivity index (χ1) is 15.1. The van der Waals surface area contributed by atoms with E-state index in [0.29, 0.717) is 38.0 Å². The number of hydrogen-bond donors (Lipinski definition) is 2. The van der Waals surface area contributed by atoms with E-state index in [1.54, 1.807) is 42.5 Å². The minimum atomic E-state index is -3.33. The summed E-state index contributed by atoms with van der Waals surface area (Å²) in [5.41, 5.74) is 0.236. The molecule has 0 aliphatic carbocycles. The van der Waals surface area contributed by atoms with Crippen LogP contribution in [0.2, 0.25) is 10.0 Å². The van der Waals surface area contributed by atoms with E-state index in [0.717, 1.165) is 6.26 Å². The maximum atomic E-state index is 11.9. The van der Waals surface area contributed by atoms with Crippen molar-refractivity contribution in [2.24, 2.45) is 0 Å². The molecule has 34 heavy (non-hydrogen) atoms. The molecule has 2 heterocycles. The molecule has 0 aliphatic heterocycles. The highest BCUT2D eigenvalue weighted by atomic mass is 35.5. The van der Waals surface area contributed by atoms with Crippen molar-refractivity contribution >= 4 is 68.8 Å². The number of aliphatic hydroxyl groups is 1. The Bertz CT molecular complexity index is 1400. The lowest BCUT2D eigenvalue weighted by Gasteiger charge is -2.34. The van der Waals surface area contributed by atoms with Crippen LogP contribution in [0.4, 0.5) is 0 Å². The summed E-state index contributed by atoms with van der Waals surface area (Å²) in [6, 6.07) is 13.3. The van der Waals surface area contributed by atoms with Crippen LogP contribution >= 0.6 is 48.0 Å². The van der Waals surface area contributed by atoms with E-state index in [-0.39, 0.29) is 36.1 Å². The van der Waals surface area contributed by atoms with Crippen LogP contribution in [0.25, 0.3) is 10.9 Å². The zero-order valence-corrected chi connectivity index (χ0v) is 22.0. The zero-order valence-electron chi connectivity index (χ0n) is 18.1. The molecule has 0 amide bonds. The van der Waals surface area contributed by atoms with Crippen molar-refractivity contribution in [3.63, 3.8) is 0 Å². The fraction of sp³-hybridized carbons (Fsp3) is 0.227. The van der Waals surface area contributed by atoms with Gasteiger partial charge in [-0.1, -0.05) is 42.3 Å². The fourth-order valence-electron chi connectivity index (χ4n) is 3.73. The van der Waals surface area contributed by atoms with Gasteiger partial charge in [0.1, 0.15) is 17.8 Å². The number of H-pyrrole nitrogens is 1. The van der Waals surface area contributed by atoms with Crippen LogP contribution in [0.5, 0.6) is 0 Å². The second-order valence-electron chi connectivity index (χ2n) is 7.74. The number of halogens is 4. The maximum Gasteiger partial charge on any atom is 0.175 e. The second kappa shape index (κ2) is 10.8. The van der Waals surface area contributed by atoms with Crippen LogP contribution in [-0.4, -0.2) is 39.9 Å². The highest BCUT2D eigenvalue weighted by molar-refractivity contribution is 7.90. The number of benzene rings is 2. The Labute approximate surface area is 219 Å². The standard InChI is InChI=1S/C22H20Cl2N4O3S.2ClH/c1-13(19-7-3-14-9-16(32(2,30)31)5-8-20(14)27-19)22(29,11-21-25-12-26-28-21)17-6-4-15(23)10-18(17)24;;/h3-10,12-13,29H,11H2,1-2H3,(H,25,26,28);2*1H. The van der Waals surface area contributed by atoms with E-state index in [9.17, 15) is 13.5 Å². The van der Waals surface area contributed by atoms with E-state index >= 15 is 0 Å². The van der Waals surface area contributed by atoms with Gasteiger partial charge >= 0.3 is 0 Å². The number of nitrogens with zero attached hydrogens (tertiary/aromatic N) is 3. The van der Waals surface area contributed by atoms with Crippen molar-refractivity contribution in [3.05, 3.63) is 82.0 Å². The molecule has 0 fully saturated rings. The van der Waals surface area contributed by atoms with Crippen molar-refractivity contribution in [3.8, 4) is 0 Å². The van der Waals surface area contributed by atoms with E-state index in [1.807, 2.05) is 6.92 Å². The Morgan fingerprint density at radius 3 is 2.44 bits per heavy atom. The molecule has 7 nitrogen and oxygen atoms in total. The van der Waals surface area contributed by atoms with E-state index < -0.39 is 21.4 Å². The molecule has 0 spiro atoms. The molecule has 2 aromatic heterocycles. The summed E-state index contributed by atoms with van der Waals surface area (Å²) in [5, 5.41) is 20.1. The van der Waals surface area contributed by atoms with Gasteiger partial charge in [0.25, 0.3) is 0 Å². The van der Waals surface area contributed by atoms with Crippen LogP contribution in [0.3, 0.4) is 0 Å². The lowest BCUT2D eigenvalue weighted by Crippen LogP contribution is -2.36. The van der Waals surface area contributed by atoms with Crippen LogP contribution in [-0.2, 0) is 21.9 Å². The quantitative estimate of drug-likeness (QED) is 0.336. The number of rotatable bonds is 6. The third kappa shape index (κ3) is 5.64. The Morgan fingerprint density at radius 1 is 1.09 bits per heavy atom. The molecular formula is C22H22Cl4N4O3S. The minimum Gasteiger partial charge on any atom is -0.384 e. The van der Waals surface area contributed by atoms with E-state index in [4.69, 9.17) is 28.2 Å². The number of pyridine rings is 1. The van der Waals surface area contributed by atoms with Gasteiger partial charge in [-0.05, 0) is 36.4 Å². The van der Waals surface area contributed by atoms with Crippen LogP contribution in [0.15, 0.2) is 59.8 Å². The van der Waals surface area contributed by atoms with E-state index in [1.165, 1.54) is 12.4 Å². The number of aromatic amines is 1. The van der Waals surface area contributed by atoms with Gasteiger partial charge in [-0.2, -0.15) is 5.10 Å². The molecule has 0 radical (unpaired) electrons. The van der Waals surface area contributed by atoms with Gasteiger partial charge in [-0.15, -0.1) is 24.8 Å². The summed E-state index contributed by atoms with van der Waals surface area (Å²) in [5.74, 6) is -0.0193. The molecule has 2 atom stereocenters. The predicted molar refractivity (Wildman–Crippen MR) is 138 cm³/mol. The first-order valence-corrected chi connectivity index (χ1v) is 12.4. The summed E-state index contributed by atoms with van der Waals surface area (Å²) in [6.07, 6.45) is 2.65. The fourth-order valence-corrected chi connectivity index (χ4v) is 4.96. The average Bonchev–Trinajstić information content (AvgIpc) is 3.24. The predicted octanol–water partition coefficient (Wildman–Crippen LogP) is 5.14. The molecular weight excluding hydrogens is 542 g/mol. The van der Waals surface area contributed by atoms with Gasteiger partial charge < -0.3 is 5.11 Å². The maximum absolute atomic E-state index is 11.9. The minimum absolute atomic E-state index is 0. The Hall–Kier alpha value is -1.94. The molecule has 2 aromatic carbocycles. The van der Waals surface area contributed by atoms with Crippen LogP contribution in [0, 0.1) is 0 Å². The molecule has 0 saturated heterocycles. The summed E-state index contributed by atoms with van der Waals surface area (Å²) >= 11 is 12.5. The Morgan fingerprint density at radius 2 is 1.82 bits per heavy atom. The van der Waals surface area contributed by atoms with Gasteiger partial charge in [0.15, 0.2) is 9.84 Å². The molecule has 0 aliphatic rings. The third-order valence-corrected chi connectivity index (χ3v) is 7.23. The molecule has 0 bridgehead atoms. The molecule has 2 N–H and O–H groups in total. The monoisotopic (exact) mass is 562 g/mol. The highest BCUT2D eigenvalue weighted by Gasteiger charge is 2.40. The smallest absolute Gasteiger partial charge is 0.175 e. The van der Waals surface area contributed by atoms with Gasteiger partial charge in [-0.25, -0.2) is 13.4 Å². The normalized spacial score (nSPS) is 14.0. The Kier molecular flexibility index (Phi) is 8.96.